The summed E-state index contributed by atoms with van der Waals surface area (Å²) in [5.41, 5.74) is 6.98. The summed E-state index contributed by atoms with van der Waals surface area (Å²) in [5.74, 6) is 0.415. The Morgan fingerprint density at radius 2 is 1.81 bits per heavy atom. The molecule has 31 heavy (non-hydrogen) atoms. The fourth-order valence-corrected chi connectivity index (χ4v) is 2.53. The molecule has 0 spiro atoms. The number of aromatic nitrogens is 3. The van der Waals surface area contributed by atoms with Gasteiger partial charge in [0, 0.05) is 11.8 Å². The van der Waals surface area contributed by atoms with E-state index in [2.05, 4.69) is 20.3 Å². The van der Waals surface area contributed by atoms with Crippen LogP contribution in [0.5, 0.6) is 11.5 Å². The standard InChI is InChI=1S/C21H20FN5O4/c1-29-16-9-3-13(11-17(16)30-2)4-10-19(28)31-12-18-25-20(23)27-21(26-18)24-15-7-5-14(22)6-8-15/h3-11H,12H2,1-2H3,(H3,23,24,25,26,27)/b10-4+. The van der Waals surface area contributed by atoms with Gasteiger partial charge in [-0.1, -0.05) is 6.07 Å². The summed E-state index contributed by atoms with van der Waals surface area (Å²) in [6.07, 6.45) is 2.84. The number of esters is 1. The molecule has 0 saturated carbocycles. The number of hydrogen-bond acceptors (Lipinski definition) is 9. The molecule has 0 aliphatic carbocycles. The van der Waals surface area contributed by atoms with Gasteiger partial charge in [-0.2, -0.15) is 15.0 Å². The third-order valence-corrected chi connectivity index (χ3v) is 3.96. The van der Waals surface area contributed by atoms with Crippen molar-refractivity contribution in [2.75, 3.05) is 25.3 Å². The van der Waals surface area contributed by atoms with Gasteiger partial charge in [-0.05, 0) is 48.0 Å². The number of carbonyl (C=O) groups excluding carboxylic acids is 1. The van der Waals surface area contributed by atoms with Crippen LogP contribution >= 0.6 is 0 Å². The number of anilines is 3. The van der Waals surface area contributed by atoms with Crippen molar-refractivity contribution in [2.45, 2.75) is 6.61 Å². The molecule has 0 bridgehead atoms. The Kier molecular flexibility index (Phi) is 6.94. The van der Waals surface area contributed by atoms with Gasteiger partial charge in [-0.25, -0.2) is 9.18 Å². The fraction of sp³-hybridized carbons (Fsp3) is 0.143. The summed E-state index contributed by atoms with van der Waals surface area (Å²) in [6, 6.07) is 10.9. The van der Waals surface area contributed by atoms with Crippen molar-refractivity contribution in [1.29, 1.82) is 0 Å². The molecule has 3 rings (SSSR count). The van der Waals surface area contributed by atoms with Crippen molar-refractivity contribution in [3.8, 4) is 11.5 Å². The van der Waals surface area contributed by atoms with Crippen LogP contribution in [0.3, 0.4) is 0 Å². The third-order valence-electron chi connectivity index (χ3n) is 3.96. The molecule has 0 aliphatic heterocycles. The number of carbonyl (C=O) groups is 1. The summed E-state index contributed by atoms with van der Waals surface area (Å²) in [6.45, 7) is -0.208. The van der Waals surface area contributed by atoms with Gasteiger partial charge in [-0.15, -0.1) is 0 Å². The Hall–Kier alpha value is -4.21. The van der Waals surface area contributed by atoms with E-state index >= 15 is 0 Å². The SMILES string of the molecule is COc1ccc(/C=C/C(=O)OCc2nc(N)nc(Nc3ccc(F)cc3)n2)cc1OC. The van der Waals surface area contributed by atoms with Gasteiger partial charge in [0.2, 0.25) is 11.9 Å². The fourth-order valence-electron chi connectivity index (χ4n) is 2.53. The molecule has 0 fully saturated rings. The minimum Gasteiger partial charge on any atom is -0.493 e. The van der Waals surface area contributed by atoms with Crippen LogP contribution in [-0.4, -0.2) is 35.1 Å². The van der Waals surface area contributed by atoms with E-state index in [1.54, 1.807) is 31.4 Å². The maximum absolute atomic E-state index is 13.0. The van der Waals surface area contributed by atoms with Crippen molar-refractivity contribution in [3.63, 3.8) is 0 Å². The van der Waals surface area contributed by atoms with Crippen LogP contribution in [0.2, 0.25) is 0 Å². The van der Waals surface area contributed by atoms with Gasteiger partial charge in [0.05, 0.1) is 14.2 Å². The lowest BCUT2D eigenvalue weighted by Crippen LogP contribution is -2.10. The summed E-state index contributed by atoms with van der Waals surface area (Å²) >= 11 is 0. The lowest BCUT2D eigenvalue weighted by molar-refractivity contribution is -0.139. The molecule has 160 valence electrons. The van der Waals surface area contributed by atoms with Gasteiger partial charge >= 0.3 is 5.97 Å². The molecule has 3 aromatic rings. The van der Waals surface area contributed by atoms with Crippen molar-refractivity contribution in [1.82, 2.24) is 15.0 Å². The minimum absolute atomic E-state index is 0.0495. The number of nitrogens with one attached hydrogen (secondary N) is 1. The van der Waals surface area contributed by atoms with E-state index in [-0.39, 0.29) is 30.1 Å². The molecule has 0 radical (unpaired) electrons. The highest BCUT2D eigenvalue weighted by Gasteiger charge is 2.08. The highest BCUT2D eigenvalue weighted by molar-refractivity contribution is 5.87. The van der Waals surface area contributed by atoms with E-state index in [1.165, 1.54) is 37.5 Å². The lowest BCUT2D eigenvalue weighted by atomic mass is 10.2. The number of nitrogens with zero attached hydrogens (tertiary/aromatic N) is 3. The summed E-state index contributed by atoms with van der Waals surface area (Å²) in [5, 5.41) is 2.88. The first-order valence-electron chi connectivity index (χ1n) is 9.06. The minimum atomic E-state index is -0.596. The first kappa shape index (κ1) is 21.5. The molecule has 0 unspecified atom stereocenters. The first-order valence-corrected chi connectivity index (χ1v) is 9.06. The molecule has 1 heterocycles. The van der Waals surface area contributed by atoms with Crippen molar-refractivity contribution in [3.05, 3.63) is 65.7 Å². The number of rotatable bonds is 8. The van der Waals surface area contributed by atoms with Crippen LogP contribution in [0.4, 0.5) is 22.0 Å². The molecule has 2 aromatic carbocycles. The highest BCUT2D eigenvalue weighted by atomic mass is 19.1. The third kappa shape index (κ3) is 6.13. The lowest BCUT2D eigenvalue weighted by Gasteiger charge is -2.08. The van der Waals surface area contributed by atoms with Crippen LogP contribution < -0.4 is 20.5 Å². The van der Waals surface area contributed by atoms with Gasteiger partial charge in [-0.3, -0.25) is 0 Å². The van der Waals surface area contributed by atoms with Gasteiger partial charge < -0.3 is 25.3 Å². The van der Waals surface area contributed by atoms with E-state index in [1.807, 2.05) is 0 Å². The molecule has 0 saturated heterocycles. The first-order chi connectivity index (χ1) is 15.0. The molecular formula is C21H20FN5O4. The zero-order valence-electron chi connectivity index (χ0n) is 16.8. The number of halogens is 1. The molecule has 0 amide bonds. The number of nitrogens with two attached hydrogens (primary N) is 1. The molecular weight excluding hydrogens is 405 g/mol. The zero-order valence-corrected chi connectivity index (χ0v) is 16.8. The van der Waals surface area contributed by atoms with Crippen molar-refractivity contribution >= 4 is 29.6 Å². The average Bonchev–Trinajstić information content (AvgIpc) is 2.77. The Labute approximate surface area is 177 Å². The molecule has 1 aromatic heterocycles. The Morgan fingerprint density at radius 3 is 2.52 bits per heavy atom. The molecule has 0 aliphatic rings. The van der Waals surface area contributed by atoms with Gasteiger partial charge in [0.1, 0.15) is 5.82 Å². The summed E-state index contributed by atoms with van der Waals surface area (Å²) in [4.78, 5) is 24.1. The van der Waals surface area contributed by atoms with Crippen molar-refractivity contribution in [2.24, 2.45) is 0 Å². The smallest absolute Gasteiger partial charge is 0.331 e. The van der Waals surface area contributed by atoms with Gasteiger partial charge in [0.25, 0.3) is 0 Å². The topological polar surface area (TPSA) is 121 Å². The maximum atomic E-state index is 13.0. The van der Waals surface area contributed by atoms with Crippen LogP contribution in [0.15, 0.2) is 48.5 Å². The molecule has 9 nitrogen and oxygen atoms in total. The monoisotopic (exact) mass is 425 g/mol. The Balaban J connectivity index is 1.61. The zero-order chi connectivity index (χ0) is 22.2. The number of benzene rings is 2. The molecule has 0 atom stereocenters. The average molecular weight is 425 g/mol. The molecule has 3 N–H and O–H groups in total. The summed E-state index contributed by atoms with van der Waals surface area (Å²) in [7, 11) is 3.07. The van der Waals surface area contributed by atoms with Crippen LogP contribution in [0, 0.1) is 5.82 Å². The van der Waals surface area contributed by atoms with E-state index in [0.29, 0.717) is 17.2 Å². The van der Waals surface area contributed by atoms with E-state index in [4.69, 9.17) is 19.9 Å². The number of methoxy groups -OCH3 is 2. The van der Waals surface area contributed by atoms with E-state index in [0.717, 1.165) is 5.56 Å². The quantitative estimate of drug-likeness (QED) is 0.414. The van der Waals surface area contributed by atoms with E-state index < -0.39 is 5.97 Å². The Morgan fingerprint density at radius 1 is 1.06 bits per heavy atom. The second-order valence-electron chi connectivity index (χ2n) is 6.12. The van der Waals surface area contributed by atoms with Crippen molar-refractivity contribution < 1.29 is 23.4 Å². The number of hydrogen-bond donors (Lipinski definition) is 2. The van der Waals surface area contributed by atoms with Crippen LogP contribution in [0.25, 0.3) is 6.08 Å². The predicted octanol–water partition coefficient (Wildman–Crippen LogP) is 3.11. The molecule has 10 heteroatoms. The predicted molar refractivity (Wildman–Crippen MR) is 112 cm³/mol. The van der Waals surface area contributed by atoms with E-state index in [9.17, 15) is 9.18 Å². The number of nitrogen functional groups attached to an aromatic ring is 1. The summed E-state index contributed by atoms with van der Waals surface area (Å²) < 4.78 is 28.6. The second-order valence-corrected chi connectivity index (χ2v) is 6.12. The number of ether oxygens (including phenoxy) is 3. The Bertz CT molecular complexity index is 1090. The second kappa shape index (κ2) is 10.0. The largest absolute Gasteiger partial charge is 0.493 e. The van der Waals surface area contributed by atoms with Crippen LogP contribution in [-0.2, 0) is 16.1 Å². The van der Waals surface area contributed by atoms with Crippen LogP contribution in [0.1, 0.15) is 11.4 Å². The van der Waals surface area contributed by atoms with Gasteiger partial charge in [0.15, 0.2) is 23.9 Å². The normalized spacial score (nSPS) is 10.7. The highest BCUT2D eigenvalue weighted by Crippen LogP contribution is 2.28. The maximum Gasteiger partial charge on any atom is 0.331 e.